The number of benzene rings is 1. The molecule has 0 aliphatic heterocycles. The highest BCUT2D eigenvalue weighted by Gasteiger charge is 2.22. The van der Waals surface area contributed by atoms with Gasteiger partial charge in [0.25, 0.3) is 0 Å². The fourth-order valence-electron chi connectivity index (χ4n) is 3.18. The van der Waals surface area contributed by atoms with Gasteiger partial charge in [-0.2, -0.15) is 5.10 Å². The molecule has 0 fully saturated rings. The van der Waals surface area contributed by atoms with Crippen LogP contribution >= 0.6 is 11.6 Å². The van der Waals surface area contributed by atoms with Crippen LogP contribution in [0.3, 0.4) is 0 Å². The Hall–Kier alpha value is -1.85. The maximum Gasteiger partial charge on any atom is 0.229 e. The number of nitrogens with one attached hydrogen (secondary N) is 1. The first-order valence-corrected chi connectivity index (χ1v) is 10.4. The van der Waals surface area contributed by atoms with Crippen LogP contribution in [0.15, 0.2) is 18.2 Å². The summed E-state index contributed by atoms with van der Waals surface area (Å²) in [5, 5.41) is 8.25. The summed E-state index contributed by atoms with van der Waals surface area (Å²) in [7, 11) is 0. The molecule has 1 heterocycles. The predicted octanol–water partition coefficient (Wildman–Crippen LogP) is 4.58. The minimum Gasteiger partial charge on any atom is -0.326 e. The van der Waals surface area contributed by atoms with Crippen LogP contribution in [0.1, 0.15) is 64.1 Å². The number of aromatic nitrogens is 2. The molecule has 0 saturated carbocycles. The standard InChI is InChI=1S/C22H33ClN4O/c1-7-18-16(20(8-2)27(26-18)13-14(3)24)11-15-9-10-19(17(23)12-15)25-21(28)22(4,5)6/h9-10,12,14H,7-8,11,13,24H2,1-6H3,(H,25,28)/t14-/m1/s1. The zero-order chi connectivity index (χ0) is 21.1. The Bertz CT molecular complexity index is 834. The lowest BCUT2D eigenvalue weighted by atomic mass is 9.95. The van der Waals surface area contributed by atoms with E-state index in [4.69, 9.17) is 22.4 Å². The Labute approximate surface area is 173 Å². The normalized spacial score (nSPS) is 12.9. The topological polar surface area (TPSA) is 72.9 Å². The summed E-state index contributed by atoms with van der Waals surface area (Å²) in [5.74, 6) is -0.0548. The van der Waals surface area contributed by atoms with Crippen LogP contribution in [-0.4, -0.2) is 21.7 Å². The van der Waals surface area contributed by atoms with Crippen molar-refractivity contribution in [1.82, 2.24) is 9.78 Å². The first-order chi connectivity index (χ1) is 13.1. The highest BCUT2D eigenvalue weighted by atomic mass is 35.5. The monoisotopic (exact) mass is 404 g/mol. The van der Waals surface area contributed by atoms with E-state index in [-0.39, 0.29) is 11.9 Å². The zero-order valence-electron chi connectivity index (χ0n) is 17.9. The summed E-state index contributed by atoms with van der Waals surface area (Å²) in [6.07, 6.45) is 2.54. The summed E-state index contributed by atoms with van der Waals surface area (Å²) in [6, 6.07) is 5.89. The van der Waals surface area contributed by atoms with Gasteiger partial charge in [-0.1, -0.05) is 52.3 Å². The number of nitrogens with two attached hydrogens (primary N) is 1. The Morgan fingerprint density at radius 1 is 1.29 bits per heavy atom. The highest BCUT2D eigenvalue weighted by Crippen LogP contribution is 2.28. The van der Waals surface area contributed by atoms with E-state index in [0.29, 0.717) is 17.3 Å². The summed E-state index contributed by atoms with van der Waals surface area (Å²) >= 11 is 6.46. The second-order valence-corrected chi connectivity index (χ2v) is 8.84. The van der Waals surface area contributed by atoms with Gasteiger partial charge in [0.15, 0.2) is 0 Å². The second kappa shape index (κ2) is 9.10. The van der Waals surface area contributed by atoms with Gasteiger partial charge in [0.05, 0.1) is 22.9 Å². The molecule has 2 rings (SSSR count). The Kier molecular flexibility index (Phi) is 7.29. The van der Waals surface area contributed by atoms with E-state index in [0.717, 1.165) is 30.5 Å². The summed E-state index contributed by atoms with van der Waals surface area (Å²) < 4.78 is 2.05. The van der Waals surface area contributed by atoms with Gasteiger partial charge in [-0.3, -0.25) is 9.48 Å². The lowest BCUT2D eigenvalue weighted by Gasteiger charge is -2.18. The molecule has 0 aliphatic rings. The second-order valence-electron chi connectivity index (χ2n) is 8.43. The molecule has 6 heteroatoms. The molecule has 154 valence electrons. The molecule has 1 atom stereocenters. The average Bonchev–Trinajstić information content (AvgIpc) is 2.91. The minimum absolute atomic E-state index is 0.0548. The van der Waals surface area contributed by atoms with Gasteiger partial charge in [-0.25, -0.2) is 0 Å². The van der Waals surface area contributed by atoms with Crippen LogP contribution in [-0.2, 0) is 30.6 Å². The molecule has 28 heavy (non-hydrogen) atoms. The van der Waals surface area contributed by atoms with Crippen LogP contribution in [0, 0.1) is 5.41 Å². The lowest BCUT2D eigenvalue weighted by Crippen LogP contribution is -2.27. The van der Waals surface area contributed by atoms with E-state index >= 15 is 0 Å². The van der Waals surface area contributed by atoms with Crippen molar-refractivity contribution in [2.75, 3.05) is 5.32 Å². The molecule has 0 aliphatic carbocycles. The third kappa shape index (κ3) is 5.36. The van der Waals surface area contributed by atoms with Crippen molar-refractivity contribution in [3.8, 4) is 0 Å². The van der Waals surface area contributed by atoms with Gasteiger partial charge in [-0.15, -0.1) is 0 Å². The fraction of sp³-hybridized carbons (Fsp3) is 0.545. The average molecular weight is 405 g/mol. The molecule has 0 bridgehead atoms. The van der Waals surface area contributed by atoms with Crippen LogP contribution < -0.4 is 11.1 Å². The van der Waals surface area contributed by atoms with Gasteiger partial charge in [0.2, 0.25) is 5.91 Å². The summed E-state index contributed by atoms with van der Waals surface area (Å²) in [6.45, 7) is 12.6. The number of hydrogen-bond donors (Lipinski definition) is 2. The zero-order valence-corrected chi connectivity index (χ0v) is 18.7. The van der Waals surface area contributed by atoms with Crippen molar-refractivity contribution in [3.05, 3.63) is 45.7 Å². The molecule has 1 aromatic heterocycles. The van der Waals surface area contributed by atoms with Crippen molar-refractivity contribution in [2.45, 2.75) is 73.4 Å². The molecule has 2 aromatic rings. The first-order valence-electron chi connectivity index (χ1n) is 9.99. The molecule has 0 spiro atoms. The van der Waals surface area contributed by atoms with Crippen molar-refractivity contribution in [1.29, 1.82) is 0 Å². The third-order valence-electron chi connectivity index (χ3n) is 4.72. The third-order valence-corrected chi connectivity index (χ3v) is 5.04. The molecule has 5 nitrogen and oxygen atoms in total. The number of aryl methyl sites for hydroxylation is 1. The lowest BCUT2D eigenvalue weighted by molar-refractivity contribution is -0.123. The Balaban J connectivity index is 2.30. The quantitative estimate of drug-likeness (QED) is 0.709. The smallest absolute Gasteiger partial charge is 0.229 e. The molecule has 3 N–H and O–H groups in total. The maximum absolute atomic E-state index is 12.2. The van der Waals surface area contributed by atoms with E-state index in [1.165, 1.54) is 11.3 Å². The Morgan fingerprint density at radius 2 is 1.96 bits per heavy atom. The van der Waals surface area contributed by atoms with Crippen LogP contribution in [0.4, 0.5) is 5.69 Å². The van der Waals surface area contributed by atoms with Gasteiger partial charge < -0.3 is 11.1 Å². The molecule has 0 radical (unpaired) electrons. The molecular weight excluding hydrogens is 372 g/mol. The number of rotatable bonds is 7. The van der Waals surface area contributed by atoms with Crippen LogP contribution in [0.25, 0.3) is 0 Å². The van der Waals surface area contributed by atoms with E-state index in [1.807, 2.05) is 45.9 Å². The van der Waals surface area contributed by atoms with Crippen molar-refractivity contribution in [2.24, 2.45) is 11.1 Å². The number of carbonyl (C=O) groups excluding carboxylic acids is 1. The molecular formula is C22H33ClN4O. The van der Waals surface area contributed by atoms with E-state index in [2.05, 4.69) is 23.8 Å². The van der Waals surface area contributed by atoms with Gasteiger partial charge in [0, 0.05) is 29.1 Å². The SMILES string of the molecule is CCc1nn(C[C@@H](C)N)c(CC)c1Cc1ccc(NC(=O)C(C)(C)C)c(Cl)c1. The number of hydrogen-bond acceptors (Lipinski definition) is 3. The van der Waals surface area contributed by atoms with Gasteiger partial charge in [-0.05, 0) is 37.5 Å². The van der Waals surface area contributed by atoms with Crippen molar-refractivity contribution in [3.63, 3.8) is 0 Å². The minimum atomic E-state index is -0.469. The van der Waals surface area contributed by atoms with Gasteiger partial charge >= 0.3 is 0 Å². The number of nitrogens with zero attached hydrogens (tertiary/aromatic N) is 2. The fourth-order valence-corrected chi connectivity index (χ4v) is 3.43. The number of carbonyl (C=O) groups is 1. The predicted molar refractivity (Wildman–Crippen MR) is 117 cm³/mol. The van der Waals surface area contributed by atoms with E-state index in [9.17, 15) is 4.79 Å². The summed E-state index contributed by atoms with van der Waals surface area (Å²) in [5.41, 5.74) is 10.9. The number of halogens is 1. The molecule has 0 unspecified atom stereocenters. The summed E-state index contributed by atoms with van der Waals surface area (Å²) in [4.78, 5) is 12.2. The largest absolute Gasteiger partial charge is 0.326 e. The van der Waals surface area contributed by atoms with Crippen LogP contribution in [0.5, 0.6) is 0 Å². The van der Waals surface area contributed by atoms with E-state index in [1.54, 1.807) is 0 Å². The molecule has 1 amide bonds. The van der Waals surface area contributed by atoms with Gasteiger partial charge in [0.1, 0.15) is 0 Å². The van der Waals surface area contributed by atoms with Crippen molar-refractivity contribution < 1.29 is 4.79 Å². The maximum atomic E-state index is 12.2. The Morgan fingerprint density at radius 3 is 2.46 bits per heavy atom. The van der Waals surface area contributed by atoms with E-state index < -0.39 is 5.41 Å². The number of amides is 1. The van der Waals surface area contributed by atoms with Crippen molar-refractivity contribution >= 4 is 23.2 Å². The highest BCUT2D eigenvalue weighted by molar-refractivity contribution is 6.33. The molecule has 1 aromatic carbocycles. The van der Waals surface area contributed by atoms with Crippen LogP contribution in [0.2, 0.25) is 5.02 Å². The molecule has 0 saturated heterocycles. The first kappa shape index (κ1) is 22.4. The number of anilines is 1.